The van der Waals surface area contributed by atoms with Gasteiger partial charge in [-0.3, -0.25) is 9.48 Å². The lowest BCUT2D eigenvalue weighted by Gasteiger charge is -2.16. The summed E-state index contributed by atoms with van der Waals surface area (Å²) in [6.45, 7) is 0.443. The number of rotatable bonds is 6. The van der Waals surface area contributed by atoms with Gasteiger partial charge in [0.15, 0.2) is 0 Å². The van der Waals surface area contributed by atoms with E-state index in [1.165, 1.54) is 0 Å². The first-order valence-electron chi connectivity index (χ1n) is 6.63. The van der Waals surface area contributed by atoms with E-state index >= 15 is 0 Å². The van der Waals surface area contributed by atoms with Crippen LogP contribution in [0, 0.1) is 0 Å². The predicted octanol–water partition coefficient (Wildman–Crippen LogP) is 2.49. The molecule has 0 aliphatic rings. The van der Waals surface area contributed by atoms with Crippen LogP contribution in [0.2, 0.25) is 0 Å². The van der Waals surface area contributed by atoms with Gasteiger partial charge in [0.25, 0.3) is 0 Å². The van der Waals surface area contributed by atoms with Crippen LogP contribution in [0.1, 0.15) is 17.4 Å². The third-order valence-electron chi connectivity index (χ3n) is 3.15. The van der Waals surface area contributed by atoms with Crippen molar-refractivity contribution in [2.24, 2.45) is 0 Å². The van der Waals surface area contributed by atoms with E-state index in [1.54, 1.807) is 28.5 Å². The van der Waals surface area contributed by atoms with Gasteiger partial charge in [0.1, 0.15) is 11.8 Å². The normalized spacial score (nSPS) is 12.2. The third kappa shape index (κ3) is 3.41. The number of hydrogen-bond donors (Lipinski definition) is 1. The highest BCUT2D eigenvalue weighted by atomic mass is 32.1. The first-order chi connectivity index (χ1) is 10.3. The van der Waals surface area contributed by atoms with Gasteiger partial charge in [-0.15, -0.1) is 0 Å². The summed E-state index contributed by atoms with van der Waals surface area (Å²) in [7, 11) is 0. The molecule has 21 heavy (non-hydrogen) atoms. The fourth-order valence-corrected chi connectivity index (χ4v) is 2.79. The maximum atomic E-state index is 12.0. The van der Waals surface area contributed by atoms with E-state index in [2.05, 4.69) is 10.4 Å². The van der Waals surface area contributed by atoms with Crippen LogP contribution in [0.15, 0.2) is 58.1 Å². The Labute approximate surface area is 126 Å². The Morgan fingerprint density at radius 3 is 3.05 bits per heavy atom. The number of amides is 1. The summed E-state index contributed by atoms with van der Waals surface area (Å²) >= 11 is 1.59. The summed E-state index contributed by atoms with van der Waals surface area (Å²) in [6, 6.07) is 7.39. The minimum absolute atomic E-state index is 0.00267. The van der Waals surface area contributed by atoms with E-state index in [1.807, 2.05) is 41.2 Å². The van der Waals surface area contributed by atoms with Crippen LogP contribution in [0.4, 0.5) is 0 Å². The molecule has 0 aliphatic heterocycles. The fourth-order valence-electron chi connectivity index (χ4n) is 2.12. The van der Waals surface area contributed by atoms with Crippen molar-refractivity contribution in [3.8, 4) is 0 Å². The van der Waals surface area contributed by atoms with Gasteiger partial charge < -0.3 is 9.73 Å². The van der Waals surface area contributed by atoms with Crippen molar-refractivity contribution in [3.63, 3.8) is 0 Å². The molecule has 0 saturated heterocycles. The highest BCUT2D eigenvalue weighted by Crippen LogP contribution is 2.17. The van der Waals surface area contributed by atoms with Crippen molar-refractivity contribution in [1.82, 2.24) is 15.1 Å². The smallest absolute Gasteiger partial charge is 0.224 e. The lowest BCUT2D eigenvalue weighted by Crippen LogP contribution is -2.32. The minimum atomic E-state index is -0.138. The number of nitrogens with zero attached hydrogens (tertiary/aromatic N) is 2. The molecule has 1 N–H and O–H groups in total. The molecule has 5 nitrogen and oxygen atoms in total. The zero-order valence-corrected chi connectivity index (χ0v) is 12.1. The van der Waals surface area contributed by atoms with Gasteiger partial charge in [-0.1, -0.05) is 0 Å². The number of carbonyl (C=O) groups is 1. The van der Waals surface area contributed by atoms with Crippen molar-refractivity contribution in [2.75, 3.05) is 6.54 Å². The summed E-state index contributed by atoms with van der Waals surface area (Å²) in [6.07, 6.45) is 5.59. The number of nitrogens with one attached hydrogen (secondary N) is 1. The van der Waals surface area contributed by atoms with E-state index in [0.717, 1.165) is 11.3 Å². The number of thiophene rings is 1. The molecule has 6 heteroatoms. The first-order valence-corrected chi connectivity index (χ1v) is 7.57. The SMILES string of the molecule is O=C(Cc1ccsc1)NCC(c1ccco1)n1cccn1. The van der Waals surface area contributed by atoms with E-state index in [4.69, 9.17) is 4.42 Å². The van der Waals surface area contributed by atoms with Gasteiger partial charge in [-0.2, -0.15) is 16.4 Å². The molecule has 0 saturated carbocycles. The molecule has 0 bridgehead atoms. The van der Waals surface area contributed by atoms with Crippen LogP contribution in [0.5, 0.6) is 0 Å². The first kappa shape index (κ1) is 13.6. The Kier molecular flexibility index (Phi) is 4.16. The van der Waals surface area contributed by atoms with Crippen molar-refractivity contribution >= 4 is 17.2 Å². The van der Waals surface area contributed by atoms with Gasteiger partial charge in [0, 0.05) is 18.9 Å². The third-order valence-corrected chi connectivity index (χ3v) is 3.89. The molecule has 0 fully saturated rings. The second-order valence-electron chi connectivity index (χ2n) is 4.63. The van der Waals surface area contributed by atoms with Gasteiger partial charge in [-0.25, -0.2) is 0 Å². The number of carbonyl (C=O) groups excluding carboxylic acids is 1. The summed E-state index contributed by atoms with van der Waals surface area (Å²) < 4.78 is 7.23. The standard InChI is InChI=1S/C15H15N3O2S/c19-15(9-12-4-8-21-11-12)16-10-13(14-3-1-7-20-14)18-6-2-5-17-18/h1-8,11,13H,9-10H2,(H,16,19). The monoisotopic (exact) mass is 301 g/mol. The van der Waals surface area contributed by atoms with Crippen LogP contribution >= 0.6 is 11.3 Å². The summed E-state index contributed by atoms with van der Waals surface area (Å²) in [4.78, 5) is 12.0. The molecule has 0 radical (unpaired) electrons. The van der Waals surface area contributed by atoms with Crippen molar-refractivity contribution in [2.45, 2.75) is 12.5 Å². The molecule has 1 amide bonds. The Hall–Kier alpha value is -2.34. The molecular formula is C15H15N3O2S. The molecule has 0 spiro atoms. The molecule has 3 aromatic heterocycles. The van der Waals surface area contributed by atoms with Crippen molar-refractivity contribution in [1.29, 1.82) is 0 Å². The van der Waals surface area contributed by atoms with E-state index in [0.29, 0.717) is 13.0 Å². The van der Waals surface area contributed by atoms with Crippen LogP contribution in [-0.2, 0) is 11.2 Å². The summed E-state index contributed by atoms with van der Waals surface area (Å²) in [5.74, 6) is 0.770. The molecule has 1 atom stereocenters. The summed E-state index contributed by atoms with van der Waals surface area (Å²) in [5.41, 5.74) is 1.03. The maximum Gasteiger partial charge on any atom is 0.224 e. The Balaban J connectivity index is 1.64. The topological polar surface area (TPSA) is 60.1 Å². The van der Waals surface area contributed by atoms with Gasteiger partial charge in [0.05, 0.1) is 12.7 Å². The molecule has 0 aromatic carbocycles. The number of hydrogen-bond acceptors (Lipinski definition) is 4. The van der Waals surface area contributed by atoms with E-state index < -0.39 is 0 Å². The molecule has 1 unspecified atom stereocenters. The fraction of sp³-hybridized carbons (Fsp3) is 0.200. The van der Waals surface area contributed by atoms with Gasteiger partial charge in [-0.05, 0) is 40.6 Å². The number of furan rings is 1. The lowest BCUT2D eigenvalue weighted by molar-refractivity contribution is -0.120. The average Bonchev–Trinajstić information content (AvgIpc) is 3.23. The molecule has 3 rings (SSSR count). The predicted molar refractivity (Wildman–Crippen MR) is 80.1 cm³/mol. The van der Waals surface area contributed by atoms with Crippen LogP contribution in [-0.4, -0.2) is 22.2 Å². The molecule has 108 valence electrons. The largest absolute Gasteiger partial charge is 0.467 e. The molecule has 0 aliphatic carbocycles. The van der Waals surface area contributed by atoms with Crippen LogP contribution in [0.25, 0.3) is 0 Å². The molecule has 3 heterocycles. The van der Waals surface area contributed by atoms with Crippen LogP contribution in [0.3, 0.4) is 0 Å². The Bertz CT molecular complexity index is 626. The van der Waals surface area contributed by atoms with E-state index in [9.17, 15) is 4.79 Å². The average molecular weight is 301 g/mol. The number of aromatic nitrogens is 2. The second-order valence-corrected chi connectivity index (χ2v) is 5.41. The zero-order chi connectivity index (χ0) is 14.5. The Morgan fingerprint density at radius 2 is 2.38 bits per heavy atom. The van der Waals surface area contributed by atoms with Gasteiger partial charge >= 0.3 is 0 Å². The minimum Gasteiger partial charge on any atom is -0.467 e. The molecular weight excluding hydrogens is 286 g/mol. The lowest BCUT2D eigenvalue weighted by atomic mass is 10.2. The van der Waals surface area contributed by atoms with Crippen molar-refractivity contribution < 1.29 is 9.21 Å². The van der Waals surface area contributed by atoms with Crippen LogP contribution < -0.4 is 5.32 Å². The van der Waals surface area contributed by atoms with Crippen molar-refractivity contribution in [3.05, 3.63) is 65.0 Å². The van der Waals surface area contributed by atoms with E-state index in [-0.39, 0.29) is 11.9 Å². The maximum absolute atomic E-state index is 12.0. The van der Waals surface area contributed by atoms with Gasteiger partial charge in [0.2, 0.25) is 5.91 Å². The molecule has 3 aromatic rings. The second kappa shape index (κ2) is 6.41. The highest BCUT2D eigenvalue weighted by molar-refractivity contribution is 7.07. The highest BCUT2D eigenvalue weighted by Gasteiger charge is 2.18. The zero-order valence-electron chi connectivity index (χ0n) is 11.3. The quantitative estimate of drug-likeness (QED) is 0.761. The summed E-state index contributed by atoms with van der Waals surface area (Å²) in [5, 5.41) is 11.1. The Morgan fingerprint density at radius 1 is 1.43 bits per heavy atom.